The van der Waals surface area contributed by atoms with E-state index < -0.39 is 0 Å². The second-order valence-electron chi connectivity index (χ2n) is 4.10. The van der Waals surface area contributed by atoms with E-state index in [1.165, 1.54) is 25.7 Å². The summed E-state index contributed by atoms with van der Waals surface area (Å²) in [4.78, 5) is 15.2. The van der Waals surface area contributed by atoms with Crippen LogP contribution in [0.5, 0.6) is 0 Å². The molecule has 2 aromatic rings. The first-order valence-corrected chi connectivity index (χ1v) is 5.40. The van der Waals surface area contributed by atoms with Crippen molar-refractivity contribution in [3.63, 3.8) is 0 Å². The fourth-order valence-corrected chi connectivity index (χ4v) is 2.46. The summed E-state index contributed by atoms with van der Waals surface area (Å²) in [6.07, 6.45) is 10.4. The van der Waals surface area contributed by atoms with Crippen molar-refractivity contribution < 1.29 is 0 Å². The first-order valence-electron chi connectivity index (χ1n) is 5.40. The Hall–Kier alpha value is -1.58. The van der Waals surface area contributed by atoms with Crippen molar-refractivity contribution in [2.24, 2.45) is 0 Å². The maximum absolute atomic E-state index is 11.4. The van der Waals surface area contributed by atoms with Gasteiger partial charge >= 0.3 is 5.69 Å². The van der Waals surface area contributed by atoms with E-state index in [0.717, 1.165) is 5.65 Å². The van der Waals surface area contributed by atoms with Crippen molar-refractivity contribution in [3.05, 3.63) is 35.1 Å². The van der Waals surface area contributed by atoms with Gasteiger partial charge in [0.2, 0.25) is 0 Å². The van der Waals surface area contributed by atoms with Gasteiger partial charge in [0.05, 0.1) is 0 Å². The van der Waals surface area contributed by atoms with Gasteiger partial charge in [0.15, 0.2) is 0 Å². The number of nitrogens with zero attached hydrogens (tertiary/aromatic N) is 3. The molecule has 4 nitrogen and oxygen atoms in total. The molecule has 0 atom stereocenters. The van der Waals surface area contributed by atoms with Gasteiger partial charge in [-0.1, -0.05) is 12.8 Å². The molecule has 0 N–H and O–H groups in total. The molecule has 0 unspecified atom stereocenters. The van der Waals surface area contributed by atoms with Crippen LogP contribution < -0.4 is 5.69 Å². The van der Waals surface area contributed by atoms with Crippen molar-refractivity contribution >= 4 is 5.65 Å². The Morgan fingerprint density at radius 3 is 2.87 bits per heavy atom. The van der Waals surface area contributed by atoms with E-state index in [-0.39, 0.29) is 5.69 Å². The third kappa shape index (κ3) is 1.28. The summed E-state index contributed by atoms with van der Waals surface area (Å²) in [5.41, 5.74) is 0.770. The predicted molar refractivity (Wildman–Crippen MR) is 57.0 cm³/mol. The third-order valence-corrected chi connectivity index (χ3v) is 3.22. The lowest BCUT2D eigenvalue weighted by molar-refractivity contribution is 0.533. The molecule has 78 valence electrons. The van der Waals surface area contributed by atoms with E-state index in [1.807, 2.05) is 18.5 Å². The molecule has 2 aromatic heterocycles. The number of hydrogen-bond donors (Lipinski definition) is 0. The summed E-state index contributed by atoms with van der Waals surface area (Å²) < 4.78 is 3.81. The minimum atomic E-state index is -0.191. The minimum absolute atomic E-state index is 0.191. The van der Waals surface area contributed by atoms with Gasteiger partial charge in [-0.05, 0) is 18.9 Å². The zero-order valence-corrected chi connectivity index (χ0v) is 8.47. The highest BCUT2D eigenvalue weighted by Gasteiger charge is 2.18. The molecule has 1 aliphatic carbocycles. The van der Waals surface area contributed by atoms with E-state index in [1.54, 1.807) is 10.6 Å². The van der Waals surface area contributed by atoms with Gasteiger partial charge in [0, 0.05) is 24.6 Å². The first kappa shape index (κ1) is 8.71. The Morgan fingerprint density at radius 1 is 1.27 bits per heavy atom. The van der Waals surface area contributed by atoms with Crippen LogP contribution in [0.15, 0.2) is 29.5 Å². The van der Waals surface area contributed by atoms with Crippen molar-refractivity contribution in [1.82, 2.24) is 14.0 Å². The maximum Gasteiger partial charge on any atom is 0.353 e. The molecule has 3 rings (SSSR count). The first-order chi connectivity index (χ1) is 7.36. The van der Waals surface area contributed by atoms with Gasteiger partial charge in [0.25, 0.3) is 0 Å². The molecule has 15 heavy (non-hydrogen) atoms. The summed E-state index contributed by atoms with van der Waals surface area (Å²) in [6.45, 7) is 0. The number of rotatable bonds is 1. The van der Waals surface area contributed by atoms with Gasteiger partial charge in [-0.2, -0.15) is 0 Å². The SMILES string of the molecule is O=c1nccc2n(C3CCCC3)ccn12. The zero-order valence-electron chi connectivity index (χ0n) is 8.47. The van der Waals surface area contributed by atoms with Gasteiger partial charge in [0.1, 0.15) is 5.65 Å². The molecule has 0 bridgehead atoms. The zero-order chi connectivity index (χ0) is 10.3. The summed E-state index contributed by atoms with van der Waals surface area (Å²) in [5, 5.41) is 0. The summed E-state index contributed by atoms with van der Waals surface area (Å²) in [7, 11) is 0. The molecule has 0 saturated heterocycles. The summed E-state index contributed by atoms with van der Waals surface area (Å²) in [6, 6.07) is 2.47. The topological polar surface area (TPSA) is 39.3 Å². The van der Waals surface area contributed by atoms with Crippen LogP contribution in [0.25, 0.3) is 5.65 Å². The number of fused-ring (bicyclic) bond motifs is 1. The molecule has 0 aliphatic heterocycles. The summed E-state index contributed by atoms with van der Waals surface area (Å²) in [5.74, 6) is 0. The number of hydrogen-bond acceptors (Lipinski definition) is 2. The van der Waals surface area contributed by atoms with Crippen molar-refractivity contribution in [3.8, 4) is 0 Å². The highest BCUT2D eigenvalue weighted by Crippen LogP contribution is 2.30. The second-order valence-corrected chi connectivity index (χ2v) is 4.10. The van der Waals surface area contributed by atoms with E-state index in [9.17, 15) is 4.79 Å². The van der Waals surface area contributed by atoms with Crippen LogP contribution in [0.4, 0.5) is 0 Å². The van der Waals surface area contributed by atoms with Gasteiger partial charge in [-0.15, -0.1) is 0 Å². The number of aromatic nitrogens is 3. The molecule has 0 aromatic carbocycles. The Balaban J connectivity index is 2.19. The Bertz CT molecular complexity index is 534. The van der Waals surface area contributed by atoms with E-state index in [0.29, 0.717) is 6.04 Å². The van der Waals surface area contributed by atoms with Crippen LogP contribution in [0, 0.1) is 0 Å². The average molecular weight is 203 g/mol. The average Bonchev–Trinajstić information content (AvgIpc) is 2.85. The van der Waals surface area contributed by atoms with Crippen LogP contribution in [-0.2, 0) is 0 Å². The number of imidazole rings is 1. The van der Waals surface area contributed by atoms with Crippen molar-refractivity contribution in [2.75, 3.05) is 0 Å². The van der Waals surface area contributed by atoms with Crippen LogP contribution in [-0.4, -0.2) is 14.0 Å². The Kier molecular flexibility index (Phi) is 1.87. The van der Waals surface area contributed by atoms with Gasteiger partial charge < -0.3 is 4.57 Å². The maximum atomic E-state index is 11.4. The molecular formula is C11H13N3O. The quantitative estimate of drug-likeness (QED) is 0.706. The van der Waals surface area contributed by atoms with Crippen LogP contribution >= 0.6 is 0 Å². The lowest BCUT2D eigenvalue weighted by atomic mass is 10.2. The smallest absolute Gasteiger partial charge is 0.329 e. The molecule has 0 radical (unpaired) electrons. The van der Waals surface area contributed by atoms with Gasteiger partial charge in [-0.25, -0.2) is 9.78 Å². The van der Waals surface area contributed by atoms with Gasteiger partial charge in [-0.3, -0.25) is 4.40 Å². The largest absolute Gasteiger partial charge is 0.353 e. The normalized spacial score (nSPS) is 17.6. The molecule has 4 heteroatoms. The van der Waals surface area contributed by atoms with Crippen molar-refractivity contribution in [2.45, 2.75) is 31.7 Å². The molecule has 1 fully saturated rings. The molecule has 2 heterocycles. The van der Waals surface area contributed by atoms with Crippen molar-refractivity contribution in [1.29, 1.82) is 0 Å². The van der Waals surface area contributed by atoms with Crippen LogP contribution in [0.3, 0.4) is 0 Å². The van der Waals surface area contributed by atoms with Crippen LogP contribution in [0.1, 0.15) is 31.7 Å². The van der Waals surface area contributed by atoms with E-state index in [2.05, 4.69) is 9.55 Å². The third-order valence-electron chi connectivity index (χ3n) is 3.22. The second kappa shape index (κ2) is 3.22. The molecular weight excluding hydrogens is 190 g/mol. The predicted octanol–water partition coefficient (Wildman–Crippen LogP) is 1.61. The van der Waals surface area contributed by atoms with Crippen LogP contribution in [0.2, 0.25) is 0 Å². The monoisotopic (exact) mass is 203 g/mol. The molecule has 0 amide bonds. The highest BCUT2D eigenvalue weighted by molar-refractivity contribution is 5.38. The highest BCUT2D eigenvalue weighted by atomic mass is 16.1. The molecule has 1 aliphatic rings. The minimum Gasteiger partial charge on any atom is -0.329 e. The standard InChI is InChI=1S/C11H13N3O/c15-11-12-6-5-10-13(7-8-14(10)11)9-3-1-2-4-9/h5-9H,1-4H2. The molecule has 1 saturated carbocycles. The summed E-state index contributed by atoms with van der Waals surface area (Å²) >= 11 is 0. The Labute approximate surface area is 87.2 Å². The van der Waals surface area contributed by atoms with E-state index in [4.69, 9.17) is 0 Å². The Morgan fingerprint density at radius 2 is 2.07 bits per heavy atom. The molecule has 0 spiro atoms. The fourth-order valence-electron chi connectivity index (χ4n) is 2.46. The van der Waals surface area contributed by atoms with E-state index >= 15 is 0 Å². The fraction of sp³-hybridized carbons (Fsp3) is 0.455. The lowest BCUT2D eigenvalue weighted by Gasteiger charge is -2.12. The lowest BCUT2D eigenvalue weighted by Crippen LogP contribution is -2.15.